The minimum atomic E-state index is -0.167. The molecule has 4 atom stereocenters. The molecule has 3 fully saturated rings. The number of methoxy groups -OCH3 is 1. The second-order valence-electron chi connectivity index (χ2n) is 9.71. The first-order chi connectivity index (χ1) is 16.1. The number of hydrogen-bond donors (Lipinski definition) is 4. The molecule has 33 heavy (non-hydrogen) atoms. The summed E-state index contributed by atoms with van der Waals surface area (Å²) in [6, 6.07) is 9.55. The maximum absolute atomic E-state index is 12.8. The Morgan fingerprint density at radius 2 is 1.85 bits per heavy atom. The summed E-state index contributed by atoms with van der Waals surface area (Å²) in [5.74, 6) is 0.941. The van der Waals surface area contributed by atoms with Crippen LogP contribution in [0.15, 0.2) is 30.3 Å². The molecule has 2 saturated heterocycles. The average Bonchev–Trinajstić information content (AvgIpc) is 3.29. The summed E-state index contributed by atoms with van der Waals surface area (Å²) in [7, 11) is 1.77. The third-order valence-corrected chi connectivity index (χ3v) is 7.56. The summed E-state index contributed by atoms with van der Waals surface area (Å²) in [6.45, 7) is 4.55. The number of nitrogens with zero attached hydrogens (tertiary/aromatic N) is 1. The Kier molecular flexibility index (Phi) is 8.72. The van der Waals surface area contributed by atoms with Gasteiger partial charge in [-0.1, -0.05) is 18.2 Å². The fourth-order valence-electron chi connectivity index (χ4n) is 5.46. The molecule has 0 spiro atoms. The molecule has 2 heterocycles. The average molecular weight is 458 g/mol. The van der Waals surface area contributed by atoms with Crippen LogP contribution >= 0.6 is 0 Å². The lowest BCUT2D eigenvalue weighted by Gasteiger charge is -2.33. The monoisotopic (exact) mass is 457 g/mol. The van der Waals surface area contributed by atoms with Crippen LogP contribution in [0.2, 0.25) is 0 Å². The second kappa shape index (κ2) is 11.9. The largest absolute Gasteiger partial charge is 0.381 e. The van der Waals surface area contributed by atoms with Crippen LogP contribution in [-0.2, 0) is 9.53 Å². The molecule has 8 nitrogen and oxygen atoms in total. The van der Waals surface area contributed by atoms with Gasteiger partial charge in [0.15, 0.2) is 0 Å². The number of rotatable bonds is 9. The predicted octanol–water partition coefficient (Wildman–Crippen LogP) is 1.29. The molecule has 1 aromatic carbocycles. The quantitative estimate of drug-likeness (QED) is 0.418. The third kappa shape index (κ3) is 6.53. The van der Waals surface area contributed by atoms with E-state index in [1.54, 1.807) is 7.11 Å². The van der Waals surface area contributed by atoms with Crippen molar-refractivity contribution >= 4 is 11.8 Å². The minimum absolute atomic E-state index is 0.00529. The molecule has 4 N–H and O–H groups in total. The molecule has 1 aromatic rings. The van der Waals surface area contributed by atoms with Gasteiger partial charge in [0.25, 0.3) is 5.91 Å². The van der Waals surface area contributed by atoms with Gasteiger partial charge in [-0.25, -0.2) is 5.43 Å². The van der Waals surface area contributed by atoms with Crippen LogP contribution in [0.1, 0.15) is 48.9 Å². The zero-order valence-corrected chi connectivity index (χ0v) is 19.7. The van der Waals surface area contributed by atoms with Crippen LogP contribution < -0.4 is 21.5 Å². The smallest absolute Gasteiger partial charge is 0.251 e. The van der Waals surface area contributed by atoms with Gasteiger partial charge < -0.3 is 20.3 Å². The van der Waals surface area contributed by atoms with E-state index in [0.717, 1.165) is 64.7 Å². The molecule has 4 rings (SSSR count). The number of likely N-dealkylation sites (tertiary alicyclic amines) is 1. The molecule has 0 radical (unpaired) electrons. The standard InChI is InChI=1S/C25H39N5O3/c1-33-20-8-9-22-21(16-20)23(29-28-22)25(32)27-17-18-10-14-30(15-11-18)13-5-12-26-24(31)19-6-3-2-4-7-19/h2-4,6-7,18,20-23,28-29H,5,8-17H2,1H3,(H,26,31)(H,27,32). The Hall–Kier alpha value is -2.00. The molecule has 4 unspecified atom stereocenters. The van der Waals surface area contributed by atoms with Crippen LogP contribution in [0.5, 0.6) is 0 Å². The molecule has 2 amide bonds. The summed E-state index contributed by atoms with van der Waals surface area (Å²) in [4.78, 5) is 27.4. The van der Waals surface area contributed by atoms with Gasteiger partial charge in [-0.05, 0) is 76.2 Å². The van der Waals surface area contributed by atoms with Gasteiger partial charge in [-0.3, -0.25) is 15.0 Å². The molecule has 182 valence electrons. The number of benzene rings is 1. The van der Waals surface area contributed by atoms with Crippen molar-refractivity contribution in [2.75, 3.05) is 39.8 Å². The number of amides is 2. The van der Waals surface area contributed by atoms with Crippen molar-refractivity contribution < 1.29 is 14.3 Å². The Balaban J connectivity index is 1.09. The molecule has 8 heteroatoms. The molecular formula is C25H39N5O3. The van der Waals surface area contributed by atoms with Crippen LogP contribution in [-0.4, -0.2) is 74.7 Å². The Bertz CT molecular complexity index is 769. The van der Waals surface area contributed by atoms with E-state index in [2.05, 4.69) is 26.4 Å². The van der Waals surface area contributed by atoms with Crippen molar-refractivity contribution in [3.63, 3.8) is 0 Å². The highest BCUT2D eigenvalue weighted by Gasteiger charge is 2.43. The van der Waals surface area contributed by atoms with E-state index in [-0.39, 0.29) is 24.0 Å². The predicted molar refractivity (Wildman–Crippen MR) is 128 cm³/mol. The highest BCUT2D eigenvalue weighted by molar-refractivity contribution is 5.94. The van der Waals surface area contributed by atoms with Crippen molar-refractivity contribution in [2.24, 2.45) is 11.8 Å². The lowest BCUT2D eigenvalue weighted by atomic mass is 9.80. The highest BCUT2D eigenvalue weighted by Crippen LogP contribution is 2.31. The summed E-state index contributed by atoms with van der Waals surface area (Å²) >= 11 is 0. The molecule has 1 aliphatic carbocycles. The van der Waals surface area contributed by atoms with Crippen molar-refractivity contribution in [3.05, 3.63) is 35.9 Å². The van der Waals surface area contributed by atoms with Gasteiger partial charge in [0.2, 0.25) is 5.91 Å². The summed E-state index contributed by atoms with van der Waals surface area (Å²) in [6.07, 6.45) is 6.46. The zero-order chi connectivity index (χ0) is 23.0. The SMILES string of the molecule is COC1CCC2NNC(C(=O)NCC3CCN(CCCNC(=O)c4ccccc4)CC3)C2C1. The molecule has 1 saturated carbocycles. The Morgan fingerprint density at radius 3 is 2.61 bits per heavy atom. The lowest BCUT2D eigenvalue weighted by molar-refractivity contribution is -0.124. The third-order valence-electron chi connectivity index (χ3n) is 7.56. The van der Waals surface area contributed by atoms with Crippen molar-refractivity contribution in [3.8, 4) is 0 Å². The summed E-state index contributed by atoms with van der Waals surface area (Å²) in [5.41, 5.74) is 7.26. The normalized spacial score (nSPS) is 28.3. The van der Waals surface area contributed by atoms with Gasteiger partial charge in [0.1, 0.15) is 6.04 Å². The fourth-order valence-corrected chi connectivity index (χ4v) is 5.46. The Labute approximate surface area is 197 Å². The van der Waals surface area contributed by atoms with E-state index >= 15 is 0 Å². The fraction of sp³-hybridized carbons (Fsp3) is 0.680. The first-order valence-corrected chi connectivity index (χ1v) is 12.5. The maximum atomic E-state index is 12.8. The van der Waals surface area contributed by atoms with E-state index in [0.29, 0.717) is 30.0 Å². The number of hydrogen-bond acceptors (Lipinski definition) is 6. The molecule has 2 aliphatic heterocycles. The minimum Gasteiger partial charge on any atom is -0.381 e. The van der Waals surface area contributed by atoms with Crippen molar-refractivity contribution in [2.45, 2.75) is 56.7 Å². The van der Waals surface area contributed by atoms with E-state index < -0.39 is 0 Å². The van der Waals surface area contributed by atoms with Crippen LogP contribution in [0.3, 0.4) is 0 Å². The van der Waals surface area contributed by atoms with Crippen molar-refractivity contribution in [1.82, 2.24) is 26.4 Å². The number of hydrazine groups is 1. The van der Waals surface area contributed by atoms with E-state index in [1.807, 2.05) is 30.3 Å². The number of carbonyl (C=O) groups excluding carboxylic acids is 2. The van der Waals surface area contributed by atoms with Gasteiger partial charge >= 0.3 is 0 Å². The van der Waals surface area contributed by atoms with E-state index in [9.17, 15) is 9.59 Å². The molecule has 0 bridgehead atoms. The van der Waals surface area contributed by atoms with Crippen LogP contribution in [0.25, 0.3) is 0 Å². The van der Waals surface area contributed by atoms with Gasteiger partial charge in [-0.15, -0.1) is 0 Å². The van der Waals surface area contributed by atoms with Crippen LogP contribution in [0.4, 0.5) is 0 Å². The number of carbonyl (C=O) groups is 2. The van der Waals surface area contributed by atoms with Gasteiger partial charge in [0.05, 0.1) is 6.10 Å². The first kappa shape index (κ1) is 24.1. The van der Waals surface area contributed by atoms with Crippen molar-refractivity contribution in [1.29, 1.82) is 0 Å². The topological polar surface area (TPSA) is 94.7 Å². The number of nitrogens with one attached hydrogen (secondary N) is 4. The first-order valence-electron chi connectivity index (χ1n) is 12.5. The zero-order valence-electron chi connectivity index (χ0n) is 19.7. The van der Waals surface area contributed by atoms with Gasteiger partial charge in [0, 0.05) is 37.7 Å². The summed E-state index contributed by atoms with van der Waals surface area (Å²) in [5, 5.41) is 6.21. The lowest BCUT2D eigenvalue weighted by Crippen LogP contribution is -2.48. The molecular weight excluding hydrogens is 418 g/mol. The number of piperidine rings is 1. The second-order valence-corrected chi connectivity index (χ2v) is 9.71. The van der Waals surface area contributed by atoms with Gasteiger partial charge in [-0.2, -0.15) is 0 Å². The highest BCUT2D eigenvalue weighted by atomic mass is 16.5. The maximum Gasteiger partial charge on any atom is 0.251 e. The summed E-state index contributed by atoms with van der Waals surface area (Å²) < 4.78 is 5.55. The molecule has 3 aliphatic rings. The van der Waals surface area contributed by atoms with E-state index in [1.165, 1.54) is 0 Å². The Morgan fingerprint density at radius 1 is 1.06 bits per heavy atom. The van der Waals surface area contributed by atoms with E-state index in [4.69, 9.17) is 4.74 Å². The number of fused-ring (bicyclic) bond motifs is 1. The number of ether oxygens (including phenoxy) is 1. The van der Waals surface area contributed by atoms with Crippen LogP contribution in [0, 0.1) is 11.8 Å². The molecule has 0 aromatic heterocycles.